The van der Waals surface area contributed by atoms with Crippen molar-refractivity contribution in [1.82, 2.24) is 0 Å². The molecule has 1 heterocycles. The number of nitriles is 1. The highest BCUT2D eigenvalue weighted by Gasteiger charge is 2.38. The fourth-order valence-corrected chi connectivity index (χ4v) is 2.21. The lowest BCUT2D eigenvalue weighted by molar-refractivity contribution is 0.129. The van der Waals surface area contributed by atoms with Crippen LogP contribution in [0.2, 0.25) is 0 Å². The first kappa shape index (κ1) is 8.63. The lowest BCUT2D eigenvalue weighted by Gasteiger charge is -2.22. The maximum absolute atomic E-state index is 8.78. The third-order valence-corrected chi connectivity index (χ3v) is 3.11. The van der Waals surface area contributed by atoms with Gasteiger partial charge in [0, 0.05) is 7.11 Å². The van der Waals surface area contributed by atoms with Crippen LogP contribution in [-0.4, -0.2) is 16.8 Å². The summed E-state index contributed by atoms with van der Waals surface area (Å²) in [6.45, 7) is 3.84. The summed E-state index contributed by atoms with van der Waals surface area (Å²) in [4.78, 5) is -0.315. The van der Waals surface area contributed by atoms with Gasteiger partial charge in [-0.25, -0.2) is 0 Å². The predicted molar refractivity (Wildman–Crippen MR) is 46.2 cm³/mol. The summed E-state index contributed by atoms with van der Waals surface area (Å²) in [5.74, 6) is 0. The number of methoxy groups -OCH3 is 1. The maximum Gasteiger partial charge on any atom is 0.131 e. The van der Waals surface area contributed by atoms with Crippen LogP contribution in [-0.2, 0) is 4.74 Å². The first-order valence-electron chi connectivity index (χ1n) is 3.40. The van der Waals surface area contributed by atoms with Gasteiger partial charge in [-0.3, -0.25) is 0 Å². The number of hydrogen-bond donors (Lipinski definition) is 0. The second kappa shape index (κ2) is 2.54. The number of rotatable bonds is 1. The number of ether oxygens (including phenoxy) is 1. The zero-order valence-corrected chi connectivity index (χ0v) is 7.73. The average molecular weight is 169 g/mol. The van der Waals surface area contributed by atoms with Crippen LogP contribution >= 0.6 is 11.8 Å². The quantitative estimate of drug-likeness (QED) is 0.562. The highest BCUT2D eigenvalue weighted by atomic mass is 32.2. The third kappa shape index (κ3) is 1.58. The smallest absolute Gasteiger partial charge is 0.131 e. The molecular formula is C8H11NOS. The number of nitrogens with zero attached hydrogens (tertiary/aromatic N) is 1. The normalized spacial score (nSPS) is 42.4. The topological polar surface area (TPSA) is 33.0 Å². The molecule has 11 heavy (non-hydrogen) atoms. The lowest BCUT2D eigenvalue weighted by atomic mass is 10.2. The molecule has 1 aliphatic heterocycles. The second-order valence-electron chi connectivity index (χ2n) is 2.87. The molecule has 0 aromatic heterocycles. The molecule has 2 nitrogen and oxygen atoms in total. The highest BCUT2D eigenvalue weighted by Crippen LogP contribution is 2.44. The van der Waals surface area contributed by atoms with Gasteiger partial charge in [0.15, 0.2) is 0 Å². The SMILES string of the molecule is COC1(C)C=CC(C)(C#N)S1. The molecule has 0 N–H and O–H groups in total. The van der Waals surface area contributed by atoms with Gasteiger partial charge in [0.1, 0.15) is 9.68 Å². The van der Waals surface area contributed by atoms with Crippen molar-refractivity contribution in [3.05, 3.63) is 12.2 Å². The van der Waals surface area contributed by atoms with Crippen LogP contribution in [0.5, 0.6) is 0 Å². The van der Waals surface area contributed by atoms with Crippen molar-refractivity contribution >= 4 is 11.8 Å². The minimum atomic E-state index is -0.412. The van der Waals surface area contributed by atoms with Gasteiger partial charge in [0.05, 0.1) is 6.07 Å². The Bertz CT molecular complexity index is 233. The molecule has 60 valence electrons. The van der Waals surface area contributed by atoms with Crippen molar-refractivity contribution in [3.63, 3.8) is 0 Å². The zero-order chi connectivity index (χ0) is 8.54. The lowest BCUT2D eigenvalue weighted by Crippen LogP contribution is -2.21. The standard InChI is InChI=1S/C8H11NOS/c1-7(6-9)4-5-8(2,10-3)11-7/h4-5H,1-3H3. The largest absolute Gasteiger partial charge is 0.364 e. The van der Waals surface area contributed by atoms with Crippen molar-refractivity contribution in [2.75, 3.05) is 7.11 Å². The molecule has 3 heteroatoms. The molecule has 2 unspecified atom stereocenters. The monoisotopic (exact) mass is 169 g/mol. The molecule has 1 rings (SSSR count). The summed E-state index contributed by atoms with van der Waals surface area (Å²) in [5, 5.41) is 8.78. The van der Waals surface area contributed by atoms with E-state index in [2.05, 4.69) is 6.07 Å². The summed E-state index contributed by atoms with van der Waals surface area (Å²) in [6, 6.07) is 2.23. The van der Waals surface area contributed by atoms with E-state index >= 15 is 0 Å². The van der Waals surface area contributed by atoms with E-state index in [1.165, 1.54) is 11.8 Å². The molecule has 0 amide bonds. The third-order valence-electron chi connectivity index (χ3n) is 1.75. The summed E-state index contributed by atoms with van der Waals surface area (Å²) >= 11 is 1.52. The second-order valence-corrected chi connectivity index (χ2v) is 4.74. The van der Waals surface area contributed by atoms with Gasteiger partial charge in [-0.1, -0.05) is 17.8 Å². The van der Waals surface area contributed by atoms with Crippen molar-refractivity contribution in [3.8, 4) is 6.07 Å². The summed E-state index contributed by atoms with van der Waals surface area (Å²) in [5.41, 5.74) is 0. The number of hydrogen-bond acceptors (Lipinski definition) is 3. The van der Waals surface area contributed by atoms with Crippen molar-refractivity contribution in [1.29, 1.82) is 5.26 Å². The van der Waals surface area contributed by atoms with E-state index in [1.807, 2.05) is 26.0 Å². The van der Waals surface area contributed by atoms with Gasteiger partial charge >= 0.3 is 0 Å². The minimum absolute atomic E-state index is 0.315. The Hall–Kier alpha value is -0.460. The molecule has 0 saturated heterocycles. The van der Waals surface area contributed by atoms with E-state index in [4.69, 9.17) is 10.00 Å². The Morgan fingerprint density at radius 2 is 2.09 bits per heavy atom. The van der Waals surface area contributed by atoms with E-state index in [0.717, 1.165) is 0 Å². The van der Waals surface area contributed by atoms with E-state index in [1.54, 1.807) is 7.11 Å². The Labute approximate surface area is 71.2 Å². The van der Waals surface area contributed by atoms with Gasteiger partial charge < -0.3 is 4.74 Å². The molecular weight excluding hydrogens is 158 g/mol. The Kier molecular flexibility index (Phi) is 2.00. The molecule has 0 bridgehead atoms. The fourth-order valence-electron chi connectivity index (χ4n) is 0.969. The molecule has 1 aliphatic rings. The Morgan fingerprint density at radius 3 is 2.36 bits per heavy atom. The molecule has 0 aliphatic carbocycles. The Morgan fingerprint density at radius 1 is 1.45 bits per heavy atom. The van der Waals surface area contributed by atoms with Gasteiger partial charge in [-0.2, -0.15) is 5.26 Å². The average Bonchev–Trinajstić information content (AvgIpc) is 2.30. The molecule has 0 aromatic carbocycles. The van der Waals surface area contributed by atoms with E-state index in [-0.39, 0.29) is 4.93 Å². The maximum atomic E-state index is 8.78. The minimum Gasteiger partial charge on any atom is -0.364 e. The summed E-state index contributed by atoms with van der Waals surface area (Å²) < 4.78 is 4.81. The first-order chi connectivity index (χ1) is 5.04. The highest BCUT2D eigenvalue weighted by molar-refractivity contribution is 8.02. The van der Waals surface area contributed by atoms with Crippen LogP contribution in [0.1, 0.15) is 13.8 Å². The molecule has 0 radical (unpaired) electrons. The van der Waals surface area contributed by atoms with Crippen LogP contribution < -0.4 is 0 Å². The predicted octanol–water partition coefficient (Wildman–Crippen LogP) is 1.93. The van der Waals surface area contributed by atoms with E-state index in [0.29, 0.717) is 0 Å². The zero-order valence-electron chi connectivity index (χ0n) is 6.92. The van der Waals surface area contributed by atoms with Crippen LogP contribution in [0, 0.1) is 11.3 Å². The van der Waals surface area contributed by atoms with Crippen LogP contribution in [0.4, 0.5) is 0 Å². The molecule has 2 atom stereocenters. The molecule has 0 fully saturated rings. The molecule has 0 aromatic rings. The van der Waals surface area contributed by atoms with Crippen molar-refractivity contribution in [2.24, 2.45) is 0 Å². The van der Waals surface area contributed by atoms with Crippen LogP contribution in [0.15, 0.2) is 12.2 Å². The van der Waals surface area contributed by atoms with Gasteiger partial charge in [0.2, 0.25) is 0 Å². The van der Waals surface area contributed by atoms with Crippen LogP contribution in [0.25, 0.3) is 0 Å². The number of thioether (sulfide) groups is 1. The van der Waals surface area contributed by atoms with E-state index < -0.39 is 4.75 Å². The van der Waals surface area contributed by atoms with Gasteiger partial charge in [-0.15, -0.1) is 0 Å². The molecule has 0 spiro atoms. The van der Waals surface area contributed by atoms with E-state index in [9.17, 15) is 0 Å². The van der Waals surface area contributed by atoms with Crippen molar-refractivity contribution < 1.29 is 4.74 Å². The first-order valence-corrected chi connectivity index (χ1v) is 4.22. The van der Waals surface area contributed by atoms with Gasteiger partial charge in [-0.05, 0) is 19.9 Å². The van der Waals surface area contributed by atoms with Gasteiger partial charge in [0.25, 0.3) is 0 Å². The Balaban J connectivity index is 2.79. The summed E-state index contributed by atoms with van der Waals surface area (Å²) in [6.07, 6.45) is 3.82. The summed E-state index contributed by atoms with van der Waals surface area (Å²) in [7, 11) is 1.65. The van der Waals surface area contributed by atoms with Crippen LogP contribution in [0.3, 0.4) is 0 Å². The fraction of sp³-hybridized carbons (Fsp3) is 0.625. The molecule has 0 saturated carbocycles. The van der Waals surface area contributed by atoms with Crippen molar-refractivity contribution in [2.45, 2.75) is 23.5 Å².